The van der Waals surface area contributed by atoms with Crippen molar-refractivity contribution in [2.75, 3.05) is 52.9 Å². The fourth-order valence-corrected chi connectivity index (χ4v) is 2.70. The maximum Gasteiger partial charge on any atom is 0.115 e. The van der Waals surface area contributed by atoms with Crippen LogP contribution < -0.4 is 0 Å². The number of hydrogen-bond donors (Lipinski definition) is 1. The second-order valence-electron chi connectivity index (χ2n) is 6.39. The van der Waals surface area contributed by atoms with Crippen LogP contribution in [0.2, 0.25) is 0 Å². The van der Waals surface area contributed by atoms with Crippen molar-refractivity contribution in [1.29, 1.82) is 0 Å². The van der Waals surface area contributed by atoms with Crippen LogP contribution >= 0.6 is 0 Å². The first-order chi connectivity index (χ1) is 11.3. The average molecular weight is 332 g/mol. The lowest BCUT2D eigenvalue weighted by Crippen LogP contribution is -2.45. The molecule has 4 rings (SSSR count). The molecule has 0 saturated carbocycles. The minimum absolute atomic E-state index is 0.129. The highest BCUT2D eigenvalue weighted by Crippen LogP contribution is 2.27. The van der Waals surface area contributed by atoms with Gasteiger partial charge in [-0.15, -0.1) is 0 Å². The third-order valence-electron chi connectivity index (χ3n) is 4.36. The largest absolute Gasteiger partial charge is 0.394 e. The van der Waals surface area contributed by atoms with E-state index in [0.717, 1.165) is 19.8 Å². The molecule has 4 aliphatic heterocycles. The molecule has 8 nitrogen and oxygen atoms in total. The van der Waals surface area contributed by atoms with Crippen LogP contribution in [0.25, 0.3) is 0 Å². The van der Waals surface area contributed by atoms with Crippen LogP contribution in [0.3, 0.4) is 0 Å². The van der Waals surface area contributed by atoms with Gasteiger partial charge in [0.05, 0.1) is 52.9 Å². The molecule has 0 amide bonds. The summed E-state index contributed by atoms with van der Waals surface area (Å²) in [5.74, 6) is 0. The number of ether oxygens (including phenoxy) is 7. The fraction of sp³-hybridized carbons (Fsp3) is 1.00. The SMILES string of the molecule is OC[C@@H](OCC1CO1)[C@H]1OC[C@H](OCC2CO2)[C@H]1OCC1CO1. The Bertz CT molecular complexity index is 382. The number of hydrogen-bond acceptors (Lipinski definition) is 8. The summed E-state index contributed by atoms with van der Waals surface area (Å²) in [6.07, 6.45) is -0.773. The Balaban J connectivity index is 1.33. The van der Waals surface area contributed by atoms with Crippen LogP contribution in [0.15, 0.2) is 0 Å². The molecule has 4 heterocycles. The maximum absolute atomic E-state index is 9.65. The molecular weight excluding hydrogens is 308 g/mol. The minimum atomic E-state index is -0.449. The molecule has 23 heavy (non-hydrogen) atoms. The van der Waals surface area contributed by atoms with Gasteiger partial charge in [0.1, 0.15) is 42.7 Å². The highest BCUT2D eigenvalue weighted by atomic mass is 16.7. The topological polar surface area (TPSA) is 94.7 Å². The quantitative estimate of drug-likeness (QED) is 0.468. The molecule has 132 valence electrons. The number of aliphatic hydroxyl groups is 1. The Labute approximate surface area is 134 Å². The van der Waals surface area contributed by atoms with Crippen LogP contribution in [0.5, 0.6) is 0 Å². The lowest BCUT2D eigenvalue weighted by atomic mass is 10.1. The van der Waals surface area contributed by atoms with Crippen molar-refractivity contribution < 1.29 is 38.3 Å². The van der Waals surface area contributed by atoms with Gasteiger partial charge in [0.25, 0.3) is 0 Å². The summed E-state index contributed by atoms with van der Waals surface area (Å²) in [4.78, 5) is 0. The summed E-state index contributed by atoms with van der Waals surface area (Å²) < 4.78 is 38.9. The van der Waals surface area contributed by atoms with E-state index in [1.807, 2.05) is 0 Å². The zero-order chi connectivity index (χ0) is 15.6. The molecule has 0 radical (unpaired) electrons. The Morgan fingerprint density at radius 1 is 0.826 bits per heavy atom. The minimum Gasteiger partial charge on any atom is -0.394 e. The highest BCUT2D eigenvalue weighted by molar-refractivity contribution is 4.92. The molecule has 7 atom stereocenters. The molecule has 3 unspecified atom stereocenters. The molecule has 4 saturated heterocycles. The first kappa shape index (κ1) is 16.2. The Kier molecular flexibility index (Phi) is 5.12. The molecule has 1 N–H and O–H groups in total. The van der Waals surface area contributed by atoms with E-state index < -0.39 is 6.10 Å². The van der Waals surface area contributed by atoms with Gasteiger partial charge < -0.3 is 38.3 Å². The lowest BCUT2D eigenvalue weighted by Gasteiger charge is -2.28. The van der Waals surface area contributed by atoms with Crippen molar-refractivity contribution in [3.8, 4) is 0 Å². The number of rotatable bonds is 11. The van der Waals surface area contributed by atoms with Crippen LogP contribution in [0, 0.1) is 0 Å². The monoisotopic (exact) mass is 332 g/mol. The van der Waals surface area contributed by atoms with Crippen LogP contribution in [-0.2, 0) is 33.2 Å². The molecule has 4 aliphatic rings. The summed E-state index contributed by atoms with van der Waals surface area (Å²) in [7, 11) is 0. The van der Waals surface area contributed by atoms with Crippen molar-refractivity contribution >= 4 is 0 Å². The first-order valence-corrected chi connectivity index (χ1v) is 8.25. The molecule has 0 aromatic heterocycles. The van der Waals surface area contributed by atoms with Crippen LogP contribution in [-0.4, -0.2) is 101 Å². The van der Waals surface area contributed by atoms with Crippen molar-refractivity contribution in [3.05, 3.63) is 0 Å². The Morgan fingerprint density at radius 2 is 1.43 bits per heavy atom. The molecule has 0 spiro atoms. The van der Waals surface area contributed by atoms with Gasteiger partial charge in [-0.2, -0.15) is 0 Å². The highest BCUT2D eigenvalue weighted by Gasteiger charge is 2.45. The predicted molar refractivity (Wildman–Crippen MR) is 75.3 cm³/mol. The smallest absolute Gasteiger partial charge is 0.115 e. The predicted octanol–water partition coefficient (Wildman–Crippen LogP) is -1.27. The summed E-state index contributed by atoms with van der Waals surface area (Å²) in [6, 6.07) is 0. The van der Waals surface area contributed by atoms with E-state index in [1.54, 1.807) is 0 Å². The van der Waals surface area contributed by atoms with Gasteiger partial charge in [-0.3, -0.25) is 0 Å². The zero-order valence-electron chi connectivity index (χ0n) is 13.0. The summed E-state index contributed by atoms with van der Waals surface area (Å²) in [5.41, 5.74) is 0. The second-order valence-corrected chi connectivity index (χ2v) is 6.39. The number of epoxide rings is 3. The van der Waals surface area contributed by atoms with E-state index >= 15 is 0 Å². The summed E-state index contributed by atoms with van der Waals surface area (Å²) >= 11 is 0. The van der Waals surface area contributed by atoms with Crippen molar-refractivity contribution in [1.82, 2.24) is 0 Å². The van der Waals surface area contributed by atoms with Gasteiger partial charge in [-0.05, 0) is 0 Å². The van der Waals surface area contributed by atoms with Gasteiger partial charge in [0, 0.05) is 0 Å². The van der Waals surface area contributed by atoms with Crippen molar-refractivity contribution in [2.24, 2.45) is 0 Å². The van der Waals surface area contributed by atoms with E-state index in [1.165, 1.54) is 0 Å². The van der Waals surface area contributed by atoms with Gasteiger partial charge in [0.2, 0.25) is 0 Å². The van der Waals surface area contributed by atoms with Crippen LogP contribution in [0.1, 0.15) is 0 Å². The summed E-state index contributed by atoms with van der Waals surface area (Å²) in [6.45, 7) is 4.01. The van der Waals surface area contributed by atoms with E-state index in [0.29, 0.717) is 26.4 Å². The van der Waals surface area contributed by atoms with E-state index in [4.69, 9.17) is 33.2 Å². The van der Waals surface area contributed by atoms with Gasteiger partial charge >= 0.3 is 0 Å². The fourth-order valence-electron chi connectivity index (χ4n) is 2.70. The summed E-state index contributed by atoms with van der Waals surface area (Å²) in [5, 5.41) is 9.65. The van der Waals surface area contributed by atoms with Gasteiger partial charge in [0.15, 0.2) is 0 Å². The van der Waals surface area contributed by atoms with Gasteiger partial charge in [-0.1, -0.05) is 0 Å². The molecule has 0 aromatic rings. The van der Waals surface area contributed by atoms with E-state index in [2.05, 4.69) is 0 Å². The maximum atomic E-state index is 9.65. The van der Waals surface area contributed by atoms with Crippen LogP contribution in [0.4, 0.5) is 0 Å². The van der Waals surface area contributed by atoms with Crippen molar-refractivity contribution in [2.45, 2.75) is 42.7 Å². The molecule has 0 aromatic carbocycles. The first-order valence-electron chi connectivity index (χ1n) is 8.25. The molecule has 4 fully saturated rings. The molecule has 0 aliphatic carbocycles. The van der Waals surface area contributed by atoms with E-state index in [-0.39, 0.29) is 43.2 Å². The third kappa shape index (κ3) is 4.61. The number of aliphatic hydroxyl groups excluding tert-OH is 1. The molecule has 0 bridgehead atoms. The Morgan fingerprint density at radius 3 is 2.04 bits per heavy atom. The molecule has 8 heteroatoms. The standard InChI is InChI=1S/C15H24O8/c16-1-12(20-5-9-2-17-9)14-15(22-7-11-4-19-11)13(8-23-14)21-6-10-3-18-10/h9-16H,1-8H2/t9?,10?,11?,12-,13+,14-,15-/m1/s1. The van der Waals surface area contributed by atoms with E-state index in [9.17, 15) is 5.11 Å². The Hall–Kier alpha value is -0.320. The lowest BCUT2D eigenvalue weighted by molar-refractivity contribution is -0.124. The van der Waals surface area contributed by atoms with Gasteiger partial charge in [-0.25, -0.2) is 0 Å². The zero-order valence-corrected chi connectivity index (χ0v) is 13.0. The average Bonchev–Trinajstić information content (AvgIpc) is 3.43. The molecular formula is C15H24O8. The second kappa shape index (κ2) is 7.28. The van der Waals surface area contributed by atoms with Crippen molar-refractivity contribution in [3.63, 3.8) is 0 Å². The normalized spacial score (nSPS) is 42.7. The third-order valence-corrected chi connectivity index (χ3v) is 4.36.